The first-order valence-electron chi connectivity index (χ1n) is 12.3. The SMILES string of the molecule is O=C(OCC1CCCN1c1nc(N2CCOCC2)nc(-n2cnc3ccccc32)n1)c1ccccc1. The molecule has 0 spiro atoms. The van der Waals surface area contributed by atoms with Gasteiger partial charge in [-0.2, -0.15) is 15.0 Å². The second-order valence-electron chi connectivity index (χ2n) is 8.89. The van der Waals surface area contributed by atoms with Crippen molar-refractivity contribution >= 4 is 28.9 Å². The first kappa shape index (κ1) is 22.4. The number of hydrogen-bond acceptors (Lipinski definition) is 9. The Morgan fingerprint density at radius 2 is 1.67 bits per heavy atom. The van der Waals surface area contributed by atoms with Gasteiger partial charge in [-0.05, 0) is 37.1 Å². The van der Waals surface area contributed by atoms with E-state index in [4.69, 9.17) is 24.4 Å². The number of fused-ring (bicyclic) bond motifs is 1. The maximum atomic E-state index is 12.5. The molecule has 2 aromatic heterocycles. The molecule has 10 heteroatoms. The molecule has 0 radical (unpaired) electrons. The van der Waals surface area contributed by atoms with Gasteiger partial charge in [-0.1, -0.05) is 30.3 Å². The van der Waals surface area contributed by atoms with Gasteiger partial charge in [0.15, 0.2) is 0 Å². The van der Waals surface area contributed by atoms with E-state index in [0.717, 1.165) is 30.4 Å². The van der Waals surface area contributed by atoms with Crippen LogP contribution in [0.15, 0.2) is 60.9 Å². The molecule has 36 heavy (non-hydrogen) atoms. The summed E-state index contributed by atoms with van der Waals surface area (Å²) in [6.07, 6.45) is 3.61. The number of imidazole rings is 1. The predicted molar refractivity (Wildman–Crippen MR) is 135 cm³/mol. The molecule has 6 rings (SSSR count). The summed E-state index contributed by atoms with van der Waals surface area (Å²) in [6.45, 7) is 3.75. The van der Waals surface area contributed by atoms with E-state index in [1.165, 1.54) is 0 Å². The smallest absolute Gasteiger partial charge is 0.338 e. The molecule has 2 fully saturated rings. The van der Waals surface area contributed by atoms with E-state index in [2.05, 4.69) is 14.8 Å². The molecule has 1 unspecified atom stereocenters. The van der Waals surface area contributed by atoms with Gasteiger partial charge in [-0.3, -0.25) is 4.57 Å². The van der Waals surface area contributed by atoms with E-state index in [9.17, 15) is 4.79 Å². The van der Waals surface area contributed by atoms with E-state index < -0.39 is 0 Å². The van der Waals surface area contributed by atoms with Crippen LogP contribution in [0.1, 0.15) is 23.2 Å². The van der Waals surface area contributed by atoms with Crippen molar-refractivity contribution in [3.8, 4) is 5.95 Å². The van der Waals surface area contributed by atoms with Crippen LogP contribution in [-0.4, -0.2) is 76.0 Å². The Balaban J connectivity index is 1.31. The van der Waals surface area contributed by atoms with Crippen LogP contribution in [0.3, 0.4) is 0 Å². The molecule has 2 aliphatic heterocycles. The largest absolute Gasteiger partial charge is 0.460 e. The van der Waals surface area contributed by atoms with Gasteiger partial charge in [0.2, 0.25) is 17.8 Å². The Morgan fingerprint density at radius 3 is 2.53 bits per heavy atom. The maximum absolute atomic E-state index is 12.5. The third-order valence-electron chi connectivity index (χ3n) is 6.61. The molecule has 4 heterocycles. The van der Waals surface area contributed by atoms with Crippen LogP contribution >= 0.6 is 0 Å². The molecule has 184 valence electrons. The van der Waals surface area contributed by atoms with E-state index in [1.807, 2.05) is 47.0 Å². The number of para-hydroxylation sites is 2. The van der Waals surface area contributed by atoms with E-state index in [-0.39, 0.29) is 18.6 Å². The normalized spacial score (nSPS) is 18.1. The zero-order valence-corrected chi connectivity index (χ0v) is 19.9. The highest BCUT2D eigenvalue weighted by Crippen LogP contribution is 2.26. The summed E-state index contributed by atoms with van der Waals surface area (Å²) >= 11 is 0. The van der Waals surface area contributed by atoms with Crippen molar-refractivity contribution in [3.63, 3.8) is 0 Å². The van der Waals surface area contributed by atoms with Crippen LogP contribution in [0.2, 0.25) is 0 Å². The Morgan fingerprint density at radius 1 is 0.917 bits per heavy atom. The van der Waals surface area contributed by atoms with Gasteiger partial charge in [0.1, 0.15) is 12.9 Å². The second kappa shape index (κ2) is 9.90. The minimum atomic E-state index is -0.322. The fourth-order valence-corrected chi connectivity index (χ4v) is 4.70. The molecular weight excluding hydrogens is 458 g/mol. The average molecular weight is 486 g/mol. The molecule has 0 amide bonds. The van der Waals surface area contributed by atoms with Crippen molar-refractivity contribution < 1.29 is 14.3 Å². The lowest BCUT2D eigenvalue weighted by atomic mass is 10.2. The van der Waals surface area contributed by atoms with E-state index >= 15 is 0 Å². The lowest BCUT2D eigenvalue weighted by Crippen LogP contribution is -2.39. The van der Waals surface area contributed by atoms with E-state index in [1.54, 1.807) is 18.5 Å². The van der Waals surface area contributed by atoms with Crippen LogP contribution in [0.5, 0.6) is 0 Å². The Kier molecular flexibility index (Phi) is 6.17. The number of nitrogens with zero attached hydrogens (tertiary/aromatic N) is 7. The number of carbonyl (C=O) groups excluding carboxylic acids is 1. The molecule has 0 bridgehead atoms. The Bertz CT molecular complexity index is 1350. The number of hydrogen-bond donors (Lipinski definition) is 0. The second-order valence-corrected chi connectivity index (χ2v) is 8.89. The molecule has 4 aromatic rings. The first-order valence-corrected chi connectivity index (χ1v) is 12.3. The molecule has 0 saturated carbocycles. The summed E-state index contributed by atoms with van der Waals surface area (Å²) < 4.78 is 13.1. The number of morpholine rings is 1. The van der Waals surface area contributed by atoms with Gasteiger partial charge in [-0.25, -0.2) is 9.78 Å². The van der Waals surface area contributed by atoms with Crippen molar-refractivity contribution in [2.45, 2.75) is 18.9 Å². The summed E-state index contributed by atoms with van der Waals surface area (Å²) in [5.41, 5.74) is 2.35. The molecular formula is C26H27N7O3. The van der Waals surface area contributed by atoms with Crippen molar-refractivity contribution in [1.82, 2.24) is 24.5 Å². The van der Waals surface area contributed by atoms with Crippen LogP contribution < -0.4 is 9.80 Å². The molecule has 2 saturated heterocycles. The lowest BCUT2D eigenvalue weighted by molar-refractivity contribution is 0.0482. The van der Waals surface area contributed by atoms with Crippen molar-refractivity contribution in [2.75, 3.05) is 49.3 Å². The highest BCUT2D eigenvalue weighted by atomic mass is 16.5. The Hall–Kier alpha value is -4.05. The average Bonchev–Trinajstić information content (AvgIpc) is 3.60. The van der Waals surface area contributed by atoms with Crippen LogP contribution in [0.25, 0.3) is 17.0 Å². The monoisotopic (exact) mass is 485 g/mol. The number of carbonyl (C=O) groups is 1. The summed E-state index contributed by atoms with van der Waals surface area (Å²) in [6, 6.07) is 17.0. The quantitative estimate of drug-likeness (QED) is 0.382. The van der Waals surface area contributed by atoms with Gasteiger partial charge < -0.3 is 19.3 Å². The molecule has 10 nitrogen and oxygen atoms in total. The fourth-order valence-electron chi connectivity index (χ4n) is 4.70. The van der Waals surface area contributed by atoms with Crippen LogP contribution in [-0.2, 0) is 9.47 Å². The fraction of sp³-hybridized carbons (Fsp3) is 0.346. The molecule has 2 aromatic carbocycles. The van der Waals surface area contributed by atoms with Crippen molar-refractivity contribution in [2.24, 2.45) is 0 Å². The minimum absolute atomic E-state index is 0.00928. The van der Waals surface area contributed by atoms with Gasteiger partial charge in [0, 0.05) is 19.6 Å². The molecule has 0 N–H and O–H groups in total. The van der Waals surface area contributed by atoms with Crippen LogP contribution in [0.4, 0.5) is 11.9 Å². The highest BCUT2D eigenvalue weighted by Gasteiger charge is 2.30. The first-order chi connectivity index (χ1) is 17.8. The van der Waals surface area contributed by atoms with Gasteiger partial charge in [0.05, 0.1) is 35.9 Å². The summed E-state index contributed by atoms with van der Waals surface area (Å²) in [4.78, 5) is 35.8. The predicted octanol–water partition coefficient (Wildman–Crippen LogP) is 2.87. The standard InChI is InChI=1S/C26H27N7O3/c34-23(19-7-2-1-3-8-19)36-17-20-9-6-12-32(20)25-28-24(31-13-15-35-16-14-31)29-26(30-25)33-18-27-21-10-4-5-11-22(21)33/h1-5,7-8,10-11,18,20H,6,9,12-17H2. The van der Waals surface area contributed by atoms with Gasteiger partial charge in [0.25, 0.3) is 0 Å². The number of benzene rings is 2. The van der Waals surface area contributed by atoms with Crippen molar-refractivity contribution in [3.05, 3.63) is 66.5 Å². The zero-order chi connectivity index (χ0) is 24.3. The summed E-state index contributed by atoms with van der Waals surface area (Å²) in [7, 11) is 0. The molecule has 2 aliphatic rings. The summed E-state index contributed by atoms with van der Waals surface area (Å²) in [5, 5.41) is 0. The molecule has 0 aliphatic carbocycles. The van der Waals surface area contributed by atoms with Gasteiger partial charge in [-0.15, -0.1) is 0 Å². The van der Waals surface area contributed by atoms with E-state index in [0.29, 0.717) is 49.7 Å². The summed E-state index contributed by atoms with van der Waals surface area (Å²) in [5.74, 6) is 1.39. The van der Waals surface area contributed by atoms with Crippen molar-refractivity contribution in [1.29, 1.82) is 0 Å². The number of aromatic nitrogens is 5. The number of esters is 1. The maximum Gasteiger partial charge on any atom is 0.338 e. The Labute approximate surface area is 208 Å². The molecule has 1 atom stereocenters. The minimum Gasteiger partial charge on any atom is -0.460 e. The number of rotatable bonds is 6. The van der Waals surface area contributed by atoms with Crippen LogP contribution in [0, 0.1) is 0 Å². The lowest BCUT2D eigenvalue weighted by Gasteiger charge is -2.29. The highest BCUT2D eigenvalue weighted by molar-refractivity contribution is 5.89. The third kappa shape index (κ3) is 4.47. The zero-order valence-electron chi connectivity index (χ0n) is 19.9. The topological polar surface area (TPSA) is 98.5 Å². The number of anilines is 2. The van der Waals surface area contributed by atoms with Gasteiger partial charge >= 0.3 is 5.97 Å². The number of ether oxygens (including phenoxy) is 2. The third-order valence-corrected chi connectivity index (χ3v) is 6.61.